The van der Waals surface area contributed by atoms with Crippen LogP contribution in [0.3, 0.4) is 0 Å². The number of rotatable bonds is 6. The number of hydrogen-bond donors (Lipinski definition) is 0. The Kier molecular flexibility index (Phi) is 6.95. The van der Waals surface area contributed by atoms with Gasteiger partial charge in [0.15, 0.2) is 0 Å². The van der Waals surface area contributed by atoms with E-state index in [-0.39, 0.29) is 11.9 Å². The minimum Gasteiger partial charge on any atom is -0.340 e. The molecule has 1 heterocycles. The zero-order chi connectivity index (χ0) is 21.9. The fourth-order valence-corrected chi connectivity index (χ4v) is 5.60. The zero-order valence-corrected chi connectivity index (χ0v) is 19.0. The molecule has 0 aromatic heterocycles. The van der Waals surface area contributed by atoms with Gasteiger partial charge in [0.05, 0.1) is 10.9 Å². The predicted octanol–water partition coefficient (Wildman–Crippen LogP) is 2.66. The summed E-state index contributed by atoms with van der Waals surface area (Å²) in [5.41, 5.74) is 2.90. The number of aryl methyl sites for hydroxylation is 2. The van der Waals surface area contributed by atoms with Gasteiger partial charge in [-0.05, 0) is 38.0 Å². The average Bonchev–Trinajstić information content (AvgIpc) is 2.73. The molecule has 1 aliphatic rings. The van der Waals surface area contributed by atoms with Crippen molar-refractivity contribution in [2.24, 2.45) is 0 Å². The maximum Gasteiger partial charge on any atom is 0.243 e. The second kappa shape index (κ2) is 9.29. The van der Waals surface area contributed by atoms with Crippen molar-refractivity contribution in [1.29, 1.82) is 0 Å². The number of benzene rings is 2. The van der Waals surface area contributed by atoms with E-state index in [9.17, 15) is 13.2 Å². The van der Waals surface area contributed by atoms with Gasteiger partial charge in [0.1, 0.15) is 0 Å². The van der Waals surface area contributed by atoms with E-state index in [4.69, 9.17) is 0 Å². The lowest BCUT2D eigenvalue weighted by molar-refractivity contribution is -0.136. The number of piperazine rings is 1. The summed E-state index contributed by atoms with van der Waals surface area (Å²) in [5, 5.41) is 0. The molecule has 2 aromatic rings. The zero-order valence-electron chi connectivity index (χ0n) is 18.2. The summed E-state index contributed by atoms with van der Waals surface area (Å²) in [5.74, 6) is 0.0459. The van der Waals surface area contributed by atoms with Crippen LogP contribution in [0.15, 0.2) is 53.4 Å². The molecule has 1 amide bonds. The van der Waals surface area contributed by atoms with E-state index in [0.717, 1.165) is 16.7 Å². The summed E-state index contributed by atoms with van der Waals surface area (Å²) in [6, 6.07) is 15.0. The Hall–Kier alpha value is -2.22. The fourth-order valence-electron chi connectivity index (χ4n) is 3.97. The van der Waals surface area contributed by atoms with Crippen molar-refractivity contribution in [1.82, 2.24) is 14.1 Å². The molecule has 30 heavy (non-hydrogen) atoms. The smallest absolute Gasteiger partial charge is 0.243 e. The summed E-state index contributed by atoms with van der Waals surface area (Å²) in [7, 11) is -1.71. The first-order valence-corrected chi connectivity index (χ1v) is 11.7. The van der Waals surface area contributed by atoms with Crippen LogP contribution < -0.4 is 0 Å². The van der Waals surface area contributed by atoms with Gasteiger partial charge < -0.3 is 4.90 Å². The quantitative estimate of drug-likeness (QED) is 0.708. The summed E-state index contributed by atoms with van der Waals surface area (Å²) in [6.45, 7) is 8.09. The number of carbonyl (C=O) groups is 1. The van der Waals surface area contributed by atoms with Gasteiger partial charge in [-0.15, -0.1) is 0 Å². The average molecular weight is 430 g/mol. The molecule has 0 N–H and O–H groups in total. The lowest BCUT2D eigenvalue weighted by atomic mass is 10.2. The first-order valence-electron chi connectivity index (χ1n) is 10.3. The van der Waals surface area contributed by atoms with Gasteiger partial charge in [-0.25, -0.2) is 8.42 Å². The summed E-state index contributed by atoms with van der Waals surface area (Å²) < 4.78 is 27.7. The monoisotopic (exact) mass is 429 g/mol. The highest BCUT2D eigenvalue weighted by Gasteiger charge is 2.33. The molecule has 0 radical (unpaired) electrons. The lowest BCUT2D eigenvalue weighted by Gasteiger charge is -2.38. The van der Waals surface area contributed by atoms with Crippen LogP contribution in [0.1, 0.15) is 23.6 Å². The van der Waals surface area contributed by atoms with Crippen LogP contribution in [0, 0.1) is 13.8 Å². The molecular formula is C23H31N3O3S. The van der Waals surface area contributed by atoms with Gasteiger partial charge in [-0.3, -0.25) is 9.69 Å². The first kappa shape index (κ1) is 22.5. The van der Waals surface area contributed by atoms with Crippen LogP contribution in [-0.4, -0.2) is 67.7 Å². The Bertz CT molecular complexity index is 984. The molecule has 0 spiro atoms. The third-order valence-corrected chi connectivity index (χ3v) is 7.82. The van der Waals surface area contributed by atoms with Gasteiger partial charge in [-0.2, -0.15) is 4.31 Å². The third-order valence-electron chi connectivity index (χ3n) is 5.77. The molecule has 0 unspecified atom stereocenters. The van der Waals surface area contributed by atoms with E-state index in [1.54, 1.807) is 11.0 Å². The van der Waals surface area contributed by atoms with Crippen molar-refractivity contribution < 1.29 is 13.2 Å². The normalized spacial score (nSPS) is 16.9. The Balaban J connectivity index is 1.61. The van der Waals surface area contributed by atoms with Gasteiger partial charge >= 0.3 is 0 Å². The van der Waals surface area contributed by atoms with Gasteiger partial charge in [0, 0.05) is 39.8 Å². The summed E-state index contributed by atoms with van der Waals surface area (Å²) >= 11 is 0. The van der Waals surface area contributed by atoms with Gasteiger partial charge in [-0.1, -0.05) is 48.0 Å². The molecule has 0 bridgehead atoms. The van der Waals surface area contributed by atoms with E-state index in [2.05, 4.69) is 4.90 Å². The molecule has 1 atom stereocenters. The van der Waals surface area contributed by atoms with Crippen LogP contribution >= 0.6 is 0 Å². The molecular weight excluding hydrogens is 398 g/mol. The molecule has 1 fully saturated rings. The third kappa shape index (κ3) is 4.91. The molecule has 7 heteroatoms. The molecule has 3 rings (SSSR count). The largest absolute Gasteiger partial charge is 0.340 e. The van der Waals surface area contributed by atoms with Crippen molar-refractivity contribution >= 4 is 15.9 Å². The van der Waals surface area contributed by atoms with Crippen LogP contribution in [0.4, 0.5) is 0 Å². The maximum atomic E-state index is 13.1. The van der Waals surface area contributed by atoms with Crippen LogP contribution in [0.2, 0.25) is 0 Å². The highest BCUT2D eigenvalue weighted by atomic mass is 32.2. The maximum absolute atomic E-state index is 13.1. The standard InChI is InChI=1S/C23H31N3O3S/c1-18-10-11-22(19(2)16-18)30(28,29)26-14-12-25(13-15-26)20(3)23(27)24(4)17-21-8-6-5-7-9-21/h5-11,16,20H,12-15,17H2,1-4H3/t20-/m0/s1. The molecule has 1 saturated heterocycles. The highest BCUT2D eigenvalue weighted by molar-refractivity contribution is 7.89. The van der Waals surface area contributed by atoms with Crippen molar-refractivity contribution in [3.63, 3.8) is 0 Å². The topological polar surface area (TPSA) is 60.9 Å². The molecule has 0 saturated carbocycles. The predicted molar refractivity (Wildman–Crippen MR) is 119 cm³/mol. The molecule has 1 aliphatic heterocycles. The summed E-state index contributed by atoms with van der Waals surface area (Å²) in [4.78, 5) is 17.0. The SMILES string of the molecule is Cc1ccc(S(=O)(=O)N2CCN([C@@H](C)C(=O)N(C)Cc3ccccc3)CC2)c(C)c1. The van der Waals surface area contributed by atoms with Crippen molar-refractivity contribution in [3.8, 4) is 0 Å². The minimum absolute atomic E-state index is 0.0459. The van der Waals surface area contributed by atoms with Crippen molar-refractivity contribution in [2.75, 3.05) is 33.2 Å². The van der Waals surface area contributed by atoms with Crippen molar-refractivity contribution in [2.45, 2.75) is 38.3 Å². The first-order chi connectivity index (χ1) is 14.2. The van der Waals surface area contributed by atoms with E-state index < -0.39 is 10.0 Å². The van der Waals surface area contributed by atoms with E-state index in [0.29, 0.717) is 37.6 Å². The number of carbonyl (C=O) groups excluding carboxylic acids is 1. The van der Waals surface area contributed by atoms with Gasteiger partial charge in [0.2, 0.25) is 15.9 Å². The van der Waals surface area contributed by atoms with Crippen LogP contribution in [0.5, 0.6) is 0 Å². The Morgan fingerprint density at radius 3 is 2.27 bits per heavy atom. The fraction of sp³-hybridized carbons (Fsp3) is 0.435. The Morgan fingerprint density at radius 2 is 1.67 bits per heavy atom. The van der Waals surface area contributed by atoms with E-state index in [1.807, 2.05) is 70.3 Å². The minimum atomic E-state index is -3.52. The van der Waals surface area contributed by atoms with E-state index in [1.165, 1.54) is 4.31 Å². The highest BCUT2D eigenvalue weighted by Crippen LogP contribution is 2.23. The van der Waals surface area contributed by atoms with Gasteiger partial charge in [0.25, 0.3) is 0 Å². The van der Waals surface area contributed by atoms with E-state index >= 15 is 0 Å². The summed E-state index contributed by atoms with van der Waals surface area (Å²) in [6.07, 6.45) is 0. The lowest BCUT2D eigenvalue weighted by Crippen LogP contribution is -2.55. The number of nitrogens with zero attached hydrogens (tertiary/aromatic N) is 3. The number of amides is 1. The number of sulfonamides is 1. The Labute approximate surface area is 180 Å². The van der Waals surface area contributed by atoms with Crippen LogP contribution in [-0.2, 0) is 21.4 Å². The Morgan fingerprint density at radius 1 is 1.03 bits per heavy atom. The molecule has 0 aliphatic carbocycles. The van der Waals surface area contributed by atoms with Crippen LogP contribution in [0.25, 0.3) is 0 Å². The molecule has 2 aromatic carbocycles. The second-order valence-electron chi connectivity index (χ2n) is 8.06. The number of hydrogen-bond acceptors (Lipinski definition) is 4. The number of likely N-dealkylation sites (N-methyl/N-ethyl adjacent to an activating group) is 1. The van der Waals surface area contributed by atoms with Crippen molar-refractivity contribution in [3.05, 3.63) is 65.2 Å². The molecule has 6 nitrogen and oxygen atoms in total. The molecule has 162 valence electrons. The second-order valence-corrected chi connectivity index (χ2v) is 9.97.